The number of hydrogen-bond acceptors (Lipinski definition) is 5. The summed E-state index contributed by atoms with van der Waals surface area (Å²) in [6.45, 7) is 7.57. The Bertz CT molecular complexity index is 943. The average Bonchev–Trinajstić information content (AvgIpc) is 2.69. The number of isocyanates is 1. The molecule has 0 spiro atoms. The normalized spacial score (nSPS) is 18.1. The molecule has 1 heterocycles. The van der Waals surface area contributed by atoms with Crippen LogP contribution in [0.5, 0.6) is 5.75 Å². The Morgan fingerprint density at radius 3 is 2.06 bits per heavy atom. The number of rotatable bonds is 5. The molecule has 1 fully saturated rings. The maximum Gasteiger partial charge on any atom is 0.412 e. The highest BCUT2D eigenvalue weighted by molar-refractivity contribution is 5.70. The van der Waals surface area contributed by atoms with E-state index in [1.165, 1.54) is 6.08 Å². The van der Waals surface area contributed by atoms with Gasteiger partial charge < -0.3 is 10.1 Å². The van der Waals surface area contributed by atoms with Gasteiger partial charge in [-0.25, -0.2) is 9.59 Å². The van der Waals surface area contributed by atoms with Crippen molar-refractivity contribution in [2.45, 2.75) is 64.1 Å². The van der Waals surface area contributed by atoms with E-state index < -0.39 is 17.2 Å². The van der Waals surface area contributed by atoms with Crippen molar-refractivity contribution in [3.05, 3.63) is 59.7 Å². The van der Waals surface area contributed by atoms with Gasteiger partial charge >= 0.3 is 6.09 Å². The first-order valence-corrected chi connectivity index (χ1v) is 10.3. The molecule has 1 saturated heterocycles. The fourth-order valence-corrected chi connectivity index (χ4v) is 4.32. The van der Waals surface area contributed by atoms with Gasteiger partial charge in [0.05, 0.1) is 5.69 Å². The van der Waals surface area contributed by atoms with Crippen LogP contribution in [0.4, 0.5) is 10.5 Å². The number of aliphatic imine (C=N–C) groups is 1. The predicted molar refractivity (Wildman–Crippen MR) is 116 cm³/mol. The molecule has 0 saturated carbocycles. The Balaban J connectivity index is 1.56. The van der Waals surface area contributed by atoms with Crippen molar-refractivity contribution in [2.75, 3.05) is 0 Å². The molecule has 2 aromatic rings. The Kier molecular flexibility index (Phi) is 6.60. The van der Waals surface area contributed by atoms with Crippen molar-refractivity contribution in [1.29, 1.82) is 0 Å². The zero-order valence-electron chi connectivity index (χ0n) is 18.3. The van der Waals surface area contributed by atoms with Crippen LogP contribution in [0.25, 0.3) is 0 Å². The van der Waals surface area contributed by atoms with E-state index in [2.05, 4.69) is 10.3 Å². The smallest absolute Gasteiger partial charge is 0.410 e. The number of benzene rings is 2. The minimum atomic E-state index is -0.556. The minimum Gasteiger partial charge on any atom is -0.410 e. The average molecular weight is 423 g/mol. The molecule has 7 nitrogen and oxygen atoms in total. The molecular formula is C24H28N3O4. The Morgan fingerprint density at radius 2 is 1.55 bits per heavy atom. The van der Waals surface area contributed by atoms with Gasteiger partial charge in [0, 0.05) is 17.1 Å². The third-order valence-electron chi connectivity index (χ3n) is 5.57. The van der Waals surface area contributed by atoms with Crippen molar-refractivity contribution in [1.82, 2.24) is 10.4 Å². The highest BCUT2D eigenvalue weighted by Gasteiger charge is 2.46. The molecule has 2 aromatic carbocycles. The first-order valence-electron chi connectivity index (χ1n) is 10.3. The van der Waals surface area contributed by atoms with E-state index in [9.17, 15) is 14.8 Å². The monoisotopic (exact) mass is 422 g/mol. The molecule has 0 aromatic heterocycles. The first-order chi connectivity index (χ1) is 14.6. The number of piperidine rings is 1. The summed E-state index contributed by atoms with van der Waals surface area (Å²) in [4.78, 5) is 26.3. The molecule has 1 amide bonds. The van der Waals surface area contributed by atoms with Crippen LogP contribution < -0.4 is 10.1 Å². The summed E-state index contributed by atoms with van der Waals surface area (Å²) in [5, 5.41) is 16.5. The number of carbonyl (C=O) groups is 1. The van der Waals surface area contributed by atoms with Gasteiger partial charge in [-0.2, -0.15) is 4.99 Å². The lowest BCUT2D eigenvalue weighted by molar-refractivity contribution is -0.289. The molecular weight excluding hydrogens is 394 g/mol. The van der Waals surface area contributed by atoms with Crippen LogP contribution >= 0.6 is 0 Å². The molecule has 7 heteroatoms. The lowest BCUT2D eigenvalue weighted by Crippen LogP contribution is -2.62. The summed E-state index contributed by atoms with van der Waals surface area (Å²) in [6.07, 6.45) is 2.83. The first kappa shape index (κ1) is 22.7. The van der Waals surface area contributed by atoms with Gasteiger partial charge in [0.25, 0.3) is 0 Å². The number of ether oxygens (including phenoxy) is 1. The highest BCUT2D eigenvalue weighted by atomic mass is 16.6. The molecule has 163 valence electrons. The summed E-state index contributed by atoms with van der Waals surface area (Å²) in [5.74, 6) is 0.455. The number of nitrogens with one attached hydrogen (secondary N) is 1. The number of hydroxylamine groups is 2. The van der Waals surface area contributed by atoms with Crippen molar-refractivity contribution >= 4 is 17.9 Å². The van der Waals surface area contributed by atoms with Crippen LogP contribution in [-0.2, 0) is 16.4 Å². The SMILES string of the molecule is CC1(C)CC(NC(=O)Oc2ccc(Cc3ccc(N=C=O)cc3)cc2)CC(C)(C)N1[O]. The van der Waals surface area contributed by atoms with Crippen LogP contribution in [0.15, 0.2) is 53.5 Å². The Labute approximate surface area is 182 Å². The lowest BCUT2D eigenvalue weighted by atomic mass is 9.79. The van der Waals surface area contributed by atoms with E-state index in [1.54, 1.807) is 24.3 Å². The maximum absolute atomic E-state index is 12.5. The van der Waals surface area contributed by atoms with Crippen LogP contribution in [0.2, 0.25) is 0 Å². The van der Waals surface area contributed by atoms with Crippen LogP contribution in [0.3, 0.4) is 0 Å². The second kappa shape index (κ2) is 9.02. The van der Waals surface area contributed by atoms with Crippen molar-refractivity contribution in [3.63, 3.8) is 0 Å². The molecule has 0 atom stereocenters. The van der Waals surface area contributed by atoms with Crippen molar-refractivity contribution in [3.8, 4) is 5.75 Å². The highest BCUT2D eigenvalue weighted by Crippen LogP contribution is 2.37. The molecule has 0 aliphatic carbocycles. The quantitative estimate of drug-likeness (QED) is 0.558. The summed E-state index contributed by atoms with van der Waals surface area (Å²) in [7, 11) is 0. The summed E-state index contributed by atoms with van der Waals surface area (Å²) < 4.78 is 5.44. The molecule has 31 heavy (non-hydrogen) atoms. The molecule has 0 unspecified atom stereocenters. The zero-order valence-corrected chi connectivity index (χ0v) is 18.3. The van der Waals surface area contributed by atoms with Gasteiger partial charge in [-0.1, -0.05) is 24.3 Å². The van der Waals surface area contributed by atoms with Crippen molar-refractivity contribution < 1.29 is 19.5 Å². The topological polar surface area (TPSA) is 90.9 Å². The third kappa shape index (κ3) is 5.79. The summed E-state index contributed by atoms with van der Waals surface area (Å²) >= 11 is 0. The molecule has 3 rings (SSSR count). The van der Waals surface area contributed by atoms with Gasteiger partial charge in [0.1, 0.15) is 5.75 Å². The van der Waals surface area contributed by atoms with E-state index in [1.807, 2.05) is 52.0 Å². The Morgan fingerprint density at radius 1 is 1.03 bits per heavy atom. The van der Waals surface area contributed by atoms with E-state index in [-0.39, 0.29) is 6.04 Å². The number of amides is 1. The van der Waals surface area contributed by atoms with Crippen LogP contribution in [0.1, 0.15) is 51.7 Å². The van der Waals surface area contributed by atoms with Crippen LogP contribution in [-0.4, -0.2) is 34.4 Å². The second-order valence-electron chi connectivity index (χ2n) is 9.25. The van der Waals surface area contributed by atoms with Gasteiger partial charge in [0.2, 0.25) is 6.08 Å². The second-order valence-corrected chi connectivity index (χ2v) is 9.25. The Hall–Kier alpha value is -2.99. The largest absolute Gasteiger partial charge is 0.412 e. The number of hydrogen-bond donors (Lipinski definition) is 1. The molecule has 0 bridgehead atoms. The van der Waals surface area contributed by atoms with Gasteiger partial charge in [-0.15, -0.1) is 10.3 Å². The van der Waals surface area contributed by atoms with Crippen molar-refractivity contribution in [2.24, 2.45) is 4.99 Å². The fraction of sp³-hybridized carbons (Fsp3) is 0.417. The van der Waals surface area contributed by atoms with E-state index in [0.29, 0.717) is 30.7 Å². The van der Waals surface area contributed by atoms with Gasteiger partial charge in [0.15, 0.2) is 0 Å². The summed E-state index contributed by atoms with van der Waals surface area (Å²) in [5.41, 5.74) is 1.59. The predicted octanol–water partition coefficient (Wildman–Crippen LogP) is 4.70. The standard InChI is InChI=1S/C24H28N3O4/c1-23(2)14-20(15-24(3,4)27(23)30)26-22(29)31-21-11-7-18(8-12-21)13-17-5-9-19(10-6-17)25-16-28/h5-12,20H,13-15H2,1-4H3,(H,26,29). The zero-order chi connectivity index (χ0) is 22.6. The molecule has 1 aliphatic heterocycles. The van der Waals surface area contributed by atoms with Gasteiger partial charge in [-0.3, -0.25) is 0 Å². The fourth-order valence-electron chi connectivity index (χ4n) is 4.32. The minimum absolute atomic E-state index is 0.131. The van der Waals surface area contributed by atoms with E-state index >= 15 is 0 Å². The van der Waals surface area contributed by atoms with E-state index in [4.69, 9.17) is 4.74 Å². The molecule has 1 aliphatic rings. The molecule has 1 radical (unpaired) electrons. The molecule has 1 N–H and O–H groups in total. The maximum atomic E-state index is 12.5. The number of carbonyl (C=O) groups excluding carboxylic acids is 2. The number of nitrogens with zero attached hydrogens (tertiary/aromatic N) is 2. The third-order valence-corrected chi connectivity index (χ3v) is 5.57. The van der Waals surface area contributed by atoms with Gasteiger partial charge in [-0.05, 0) is 82.3 Å². The summed E-state index contributed by atoms with van der Waals surface area (Å²) in [6, 6.07) is 14.5. The van der Waals surface area contributed by atoms with Crippen LogP contribution in [0, 0.1) is 0 Å². The van der Waals surface area contributed by atoms with E-state index in [0.717, 1.165) is 16.2 Å². The lowest BCUT2D eigenvalue weighted by Gasteiger charge is -2.49.